The number of carbonyl (C=O) groups is 2. The summed E-state index contributed by atoms with van der Waals surface area (Å²) in [5.41, 5.74) is 2.74. The number of rotatable bonds is 5. The predicted molar refractivity (Wildman–Crippen MR) is 98.3 cm³/mol. The van der Waals surface area contributed by atoms with Crippen LogP contribution in [0.2, 0.25) is 0 Å². The molecular formula is C20H22N2O4. The van der Waals surface area contributed by atoms with Gasteiger partial charge in [-0.1, -0.05) is 18.2 Å². The number of aryl methyl sites for hydroxylation is 1. The van der Waals surface area contributed by atoms with Gasteiger partial charge in [0, 0.05) is 11.1 Å². The Hall–Kier alpha value is -3.02. The third-order valence-electron chi connectivity index (χ3n) is 4.36. The van der Waals surface area contributed by atoms with Crippen LogP contribution >= 0.6 is 0 Å². The number of para-hydroxylation sites is 1. The SMILES string of the molecule is CCOC(=O)c1c(C)[nH]c(C(=O)NC(C)c2cc3ccccc3o2)c1C. The zero-order chi connectivity index (χ0) is 18.8. The van der Waals surface area contributed by atoms with Crippen molar-refractivity contribution in [2.75, 3.05) is 6.61 Å². The van der Waals surface area contributed by atoms with Crippen molar-refractivity contribution >= 4 is 22.8 Å². The van der Waals surface area contributed by atoms with E-state index in [1.807, 2.05) is 37.3 Å². The van der Waals surface area contributed by atoms with Gasteiger partial charge in [0.2, 0.25) is 0 Å². The Labute approximate surface area is 151 Å². The van der Waals surface area contributed by atoms with E-state index in [-0.39, 0.29) is 18.6 Å². The molecule has 1 amide bonds. The molecule has 1 atom stereocenters. The molecule has 0 saturated heterocycles. The Balaban J connectivity index is 1.81. The van der Waals surface area contributed by atoms with Crippen LogP contribution in [0, 0.1) is 13.8 Å². The molecule has 0 aliphatic heterocycles. The summed E-state index contributed by atoms with van der Waals surface area (Å²) >= 11 is 0. The minimum absolute atomic E-state index is 0.285. The number of esters is 1. The van der Waals surface area contributed by atoms with E-state index in [0.717, 1.165) is 11.0 Å². The van der Waals surface area contributed by atoms with Crippen molar-refractivity contribution in [3.63, 3.8) is 0 Å². The van der Waals surface area contributed by atoms with Crippen LogP contribution in [0.25, 0.3) is 11.0 Å². The number of amides is 1. The van der Waals surface area contributed by atoms with Gasteiger partial charge in [0.25, 0.3) is 5.91 Å². The molecule has 3 aromatic rings. The largest absolute Gasteiger partial charge is 0.462 e. The molecule has 2 heterocycles. The number of aromatic amines is 1. The third kappa shape index (κ3) is 3.22. The summed E-state index contributed by atoms with van der Waals surface area (Å²) in [5, 5.41) is 3.90. The number of benzene rings is 1. The van der Waals surface area contributed by atoms with Crippen LogP contribution in [-0.2, 0) is 4.74 Å². The normalized spacial score (nSPS) is 12.2. The van der Waals surface area contributed by atoms with Gasteiger partial charge in [-0.2, -0.15) is 0 Å². The molecule has 26 heavy (non-hydrogen) atoms. The lowest BCUT2D eigenvalue weighted by molar-refractivity contribution is 0.0525. The third-order valence-corrected chi connectivity index (χ3v) is 4.36. The highest BCUT2D eigenvalue weighted by atomic mass is 16.5. The van der Waals surface area contributed by atoms with Crippen LogP contribution < -0.4 is 5.32 Å². The summed E-state index contributed by atoms with van der Waals surface area (Å²) in [4.78, 5) is 27.7. The van der Waals surface area contributed by atoms with Gasteiger partial charge in [-0.3, -0.25) is 4.79 Å². The number of carbonyl (C=O) groups excluding carboxylic acids is 2. The number of furan rings is 1. The molecule has 2 N–H and O–H groups in total. The first-order valence-corrected chi connectivity index (χ1v) is 8.58. The van der Waals surface area contributed by atoms with Gasteiger partial charge in [0.1, 0.15) is 17.0 Å². The van der Waals surface area contributed by atoms with Crippen molar-refractivity contribution in [1.29, 1.82) is 0 Å². The molecule has 2 aromatic heterocycles. The topological polar surface area (TPSA) is 84.3 Å². The fraction of sp³-hybridized carbons (Fsp3) is 0.300. The van der Waals surface area contributed by atoms with E-state index in [4.69, 9.17) is 9.15 Å². The van der Waals surface area contributed by atoms with Crippen molar-refractivity contribution in [3.05, 3.63) is 58.6 Å². The van der Waals surface area contributed by atoms with Crippen molar-refractivity contribution in [1.82, 2.24) is 10.3 Å². The number of hydrogen-bond acceptors (Lipinski definition) is 4. The van der Waals surface area contributed by atoms with Gasteiger partial charge in [0.15, 0.2) is 0 Å². The van der Waals surface area contributed by atoms with Crippen LogP contribution in [0.1, 0.15) is 57.8 Å². The van der Waals surface area contributed by atoms with Crippen molar-refractivity contribution in [3.8, 4) is 0 Å². The van der Waals surface area contributed by atoms with Crippen molar-refractivity contribution in [2.45, 2.75) is 33.7 Å². The Kier molecular flexibility index (Phi) is 4.84. The second-order valence-electron chi connectivity index (χ2n) is 6.23. The molecule has 6 heteroatoms. The fourth-order valence-electron chi connectivity index (χ4n) is 3.04. The molecule has 3 rings (SSSR count). The zero-order valence-electron chi connectivity index (χ0n) is 15.3. The minimum Gasteiger partial charge on any atom is -0.462 e. The van der Waals surface area contributed by atoms with Crippen molar-refractivity contribution < 1.29 is 18.7 Å². The fourth-order valence-corrected chi connectivity index (χ4v) is 3.04. The minimum atomic E-state index is -0.428. The van der Waals surface area contributed by atoms with E-state index in [1.165, 1.54) is 0 Å². The van der Waals surface area contributed by atoms with Gasteiger partial charge in [-0.25, -0.2) is 4.79 Å². The standard InChI is InChI=1S/C20H22N2O4/c1-5-25-20(24)17-11(2)18(21-13(17)4)19(23)22-12(3)16-10-14-8-6-7-9-15(14)26-16/h6-10,12,21H,5H2,1-4H3,(H,22,23). The van der Waals surface area contributed by atoms with Gasteiger partial charge < -0.3 is 19.5 Å². The molecular weight excluding hydrogens is 332 g/mol. The summed E-state index contributed by atoms with van der Waals surface area (Å²) in [6.07, 6.45) is 0. The summed E-state index contributed by atoms with van der Waals surface area (Å²) in [6, 6.07) is 9.28. The van der Waals surface area contributed by atoms with E-state index in [0.29, 0.717) is 28.3 Å². The number of H-pyrrole nitrogens is 1. The van der Waals surface area contributed by atoms with Gasteiger partial charge in [-0.05, 0) is 45.4 Å². The summed E-state index contributed by atoms with van der Waals surface area (Å²) in [6.45, 7) is 7.37. The van der Waals surface area contributed by atoms with E-state index in [9.17, 15) is 9.59 Å². The van der Waals surface area contributed by atoms with E-state index in [2.05, 4.69) is 10.3 Å². The molecule has 0 spiro atoms. The lowest BCUT2D eigenvalue weighted by Gasteiger charge is -2.11. The highest BCUT2D eigenvalue weighted by Gasteiger charge is 2.24. The Bertz CT molecular complexity index is 935. The monoisotopic (exact) mass is 354 g/mol. The second-order valence-corrected chi connectivity index (χ2v) is 6.23. The van der Waals surface area contributed by atoms with Gasteiger partial charge in [0.05, 0.1) is 18.2 Å². The first-order valence-electron chi connectivity index (χ1n) is 8.58. The molecule has 136 valence electrons. The highest BCUT2D eigenvalue weighted by Crippen LogP contribution is 2.25. The highest BCUT2D eigenvalue weighted by molar-refractivity contribution is 6.00. The maximum Gasteiger partial charge on any atom is 0.340 e. The Morgan fingerprint density at radius 3 is 2.69 bits per heavy atom. The predicted octanol–water partition coefficient (Wildman–Crippen LogP) is 4.05. The molecule has 0 radical (unpaired) electrons. The molecule has 0 bridgehead atoms. The van der Waals surface area contributed by atoms with Crippen LogP contribution in [0.4, 0.5) is 0 Å². The average Bonchev–Trinajstić information content (AvgIpc) is 3.16. The number of aromatic nitrogens is 1. The van der Waals surface area contributed by atoms with E-state index < -0.39 is 5.97 Å². The van der Waals surface area contributed by atoms with E-state index >= 15 is 0 Å². The van der Waals surface area contributed by atoms with Crippen LogP contribution in [0.3, 0.4) is 0 Å². The molecule has 0 fully saturated rings. The molecule has 0 aliphatic rings. The molecule has 0 saturated carbocycles. The summed E-state index contributed by atoms with van der Waals surface area (Å²) in [7, 11) is 0. The Morgan fingerprint density at radius 1 is 1.27 bits per heavy atom. The summed E-state index contributed by atoms with van der Waals surface area (Å²) in [5.74, 6) is -0.0525. The van der Waals surface area contributed by atoms with E-state index in [1.54, 1.807) is 20.8 Å². The van der Waals surface area contributed by atoms with Crippen LogP contribution in [0.15, 0.2) is 34.7 Å². The number of nitrogens with one attached hydrogen (secondary N) is 2. The maximum absolute atomic E-state index is 12.7. The number of hydrogen-bond donors (Lipinski definition) is 2. The smallest absolute Gasteiger partial charge is 0.340 e. The van der Waals surface area contributed by atoms with Crippen LogP contribution in [0.5, 0.6) is 0 Å². The second kappa shape index (κ2) is 7.07. The van der Waals surface area contributed by atoms with Crippen molar-refractivity contribution in [2.24, 2.45) is 0 Å². The number of fused-ring (bicyclic) bond motifs is 1. The lowest BCUT2D eigenvalue weighted by Crippen LogP contribution is -2.27. The quantitative estimate of drug-likeness (QED) is 0.677. The first kappa shape index (κ1) is 17.8. The van der Waals surface area contributed by atoms with Gasteiger partial charge in [-0.15, -0.1) is 0 Å². The lowest BCUT2D eigenvalue weighted by atomic mass is 10.1. The molecule has 0 aliphatic carbocycles. The van der Waals surface area contributed by atoms with Crippen LogP contribution in [-0.4, -0.2) is 23.5 Å². The zero-order valence-corrected chi connectivity index (χ0v) is 15.3. The number of ether oxygens (including phenoxy) is 1. The molecule has 1 aromatic carbocycles. The van der Waals surface area contributed by atoms with Gasteiger partial charge >= 0.3 is 5.97 Å². The average molecular weight is 354 g/mol. The summed E-state index contributed by atoms with van der Waals surface area (Å²) < 4.78 is 10.9. The first-order chi connectivity index (χ1) is 12.4. The molecule has 1 unspecified atom stereocenters. The maximum atomic E-state index is 12.7. The Morgan fingerprint density at radius 2 is 2.00 bits per heavy atom. The molecule has 6 nitrogen and oxygen atoms in total.